The van der Waals surface area contributed by atoms with Crippen LogP contribution in [0.4, 0.5) is 0 Å². The normalized spacial score (nSPS) is 21.8. The van der Waals surface area contributed by atoms with Gasteiger partial charge in [0.15, 0.2) is 0 Å². The molecule has 1 atom stereocenters. The molecule has 1 saturated heterocycles. The fourth-order valence-electron chi connectivity index (χ4n) is 2.51. The van der Waals surface area contributed by atoms with Crippen LogP contribution in [0.1, 0.15) is 27.2 Å². The van der Waals surface area contributed by atoms with Gasteiger partial charge in [-0.05, 0) is 19.3 Å². The summed E-state index contributed by atoms with van der Waals surface area (Å²) >= 11 is 0. The first-order valence-corrected chi connectivity index (χ1v) is 6.05. The van der Waals surface area contributed by atoms with Crippen molar-refractivity contribution in [3.63, 3.8) is 0 Å². The third-order valence-corrected chi connectivity index (χ3v) is 3.25. The lowest BCUT2D eigenvalue weighted by Gasteiger charge is -2.42. The maximum atomic E-state index is 12.0. The van der Waals surface area contributed by atoms with E-state index in [0.717, 1.165) is 32.6 Å². The minimum Gasteiger partial charge on any atom is -0.468 e. The molecule has 0 aliphatic carbocycles. The fourth-order valence-corrected chi connectivity index (χ4v) is 2.51. The van der Waals surface area contributed by atoms with Gasteiger partial charge in [-0.15, -0.1) is 0 Å². The molecule has 4 heteroatoms. The molecule has 4 nitrogen and oxygen atoms in total. The smallest absolute Gasteiger partial charge is 0.326 e. The molecule has 1 rings (SSSR count). The molecule has 0 aromatic heterocycles. The molecule has 0 amide bonds. The van der Waals surface area contributed by atoms with Gasteiger partial charge in [0.25, 0.3) is 0 Å². The van der Waals surface area contributed by atoms with E-state index >= 15 is 0 Å². The van der Waals surface area contributed by atoms with E-state index in [1.807, 2.05) is 6.92 Å². The quantitative estimate of drug-likeness (QED) is 0.725. The Bertz CT molecular complexity index is 237. The predicted octanol–water partition coefficient (Wildman–Crippen LogP) is 0.869. The second-order valence-electron chi connectivity index (χ2n) is 5.10. The van der Waals surface area contributed by atoms with Crippen LogP contribution in [0.5, 0.6) is 0 Å². The molecule has 0 saturated carbocycles. The number of hydrogen-bond donors (Lipinski definition) is 1. The van der Waals surface area contributed by atoms with E-state index in [1.165, 1.54) is 7.11 Å². The van der Waals surface area contributed by atoms with Crippen LogP contribution in [0, 0.1) is 5.92 Å². The fraction of sp³-hybridized carbons (Fsp3) is 0.917. The first-order chi connectivity index (χ1) is 7.50. The Morgan fingerprint density at radius 2 is 2.00 bits per heavy atom. The van der Waals surface area contributed by atoms with Gasteiger partial charge in [-0.3, -0.25) is 9.69 Å². The van der Waals surface area contributed by atoms with Gasteiger partial charge < -0.3 is 10.1 Å². The van der Waals surface area contributed by atoms with E-state index in [0.29, 0.717) is 5.92 Å². The Morgan fingerprint density at radius 1 is 1.44 bits per heavy atom. The molecule has 1 aliphatic heterocycles. The number of hydrogen-bond acceptors (Lipinski definition) is 4. The van der Waals surface area contributed by atoms with Crippen LogP contribution in [-0.4, -0.2) is 49.7 Å². The van der Waals surface area contributed by atoms with Gasteiger partial charge in [0.1, 0.15) is 5.54 Å². The highest BCUT2D eigenvalue weighted by atomic mass is 16.5. The molecule has 94 valence electrons. The number of nitrogens with zero attached hydrogens (tertiary/aromatic N) is 1. The minimum atomic E-state index is -0.467. The number of piperazine rings is 1. The van der Waals surface area contributed by atoms with Crippen molar-refractivity contribution in [3.05, 3.63) is 0 Å². The van der Waals surface area contributed by atoms with E-state index in [2.05, 4.69) is 24.1 Å². The summed E-state index contributed by atoms with van der Waals surface area (Å²) in [5.41, 5.74) is -0.467. The Labute approximate surface area is 98.3 Å². The molecule has 1 heterocycles. The van der Waals surface area contributed by atoms with Crippen LogP contribution in [0.15, 0.2) is 0 Å². The molecule has 1 unspecified atom stereocenters. The molecule has 1 N–H and O–H groups in total. The third-order valence-electron chi connectivity index (χ3n) is 3.25. The average molecular weight is 228 g/mol. The van der Waals surface area contributed by atoms with Gasteiger partial charge in [0, 0.05) is 26.2 Å². The summed E-state index contributed by atoms with van der Waals surface area (Å²) < 4.78 is 4.97. The van der Waals surface area contributed by atoms with Gasteiger partial charge in [0.05, 0.1) is 7.11 Å². The van der Waals surface area contributed by atoms with Crippen LogP contribution in [-0.2, 0) is 9.53 Å². The zero-order chi connectivity index (χ0) is 12.2. The van der Waals surface area contributed by atoms with Crippen molar-refractivity contribution in [2.75, 3.05) is 33.3 Å². The van der Waals surface area contributed by atoms with Gasteiger partial charge in [-0.1, -0.05) is 13.8 Å². The van der Waals surface area contributed by atoms with Crippen molar-refractivity contribution in [2.24, 2.45) is 5.92 Å². The van der Waals surface area contributed by atoms with Crippen molar-refractivity contribution in [3.8, 4) is 0 Å². The highest BCUT2D eigenvalue weighted by molar-refractivity contribution is 5.80. The zero-order valence-electron chi connectivity index (χ0n) is 10.9. The molecule has 0 bridgehead atoms. The molecule has 1 fully saturated rings. The van der Waals surface area contributed by atoms with Gasteiger partial charge in [0.2, 0.25) is 0 Å². The minimum absolute atomic E-state index is 0.108. The number of carbonyl (C=O) groups excluding carboxylic acids is 1. The number of esters is 1. The van der Waals surface area contributed by atoms with E-state index in [9.17, 15) is 4.79 Å². The standard InChI is InChI=1S/C12H24N2O2/c1-10(2)9-12(3,11(15)16-4)14-7-5-13-6-8-14/h10,13H,5-9H2,1-4H3. The third kappa shape index (κ3) is 2.95. The highest BCUT2D eigenvalue weighted by Crippen LogP contribution is 2.25. The predicted molar refractivity (Wildman–Crippen MR) is 64.3 cm³/mol. The van der Waals surface area contributed by atoms with Crippen molar-refractivity contribution >= 4 is 5.97 Å². The number of carbonyl (C=O) groups is 1. The summed E-state index contributed by atoms with van der Waals surface area (Å²) in [6.45, 7) is 10.0. The molecule has 1 aliphatic rings. The maximum absolute atomic E-state index is 12.0. The van der Waals surface area contributed by atoms with Crippen molar-refractivity contribution in [2.45, 2.75) is 32.7 Å². The molecule has 0 spiro atoms. The van der Waals surface area contributed by atoms with Gasteiger partial charge in [-0.2, -0.15) is 0 Å². The number of rotatable bonds is 4. The second kappa shape index (κ2) is 5.64. The van der Waals surface area contributed by atoms with Gasteiger partial charge >= 0.3 is 5.97 Å². The lowest BCUT2D eigenvalue weighted by atomic mass is 9.88. The topological polar surface area (TPSA) is 41.6 Å². The molecule has 0 radical (unpaired) electrons. The van der Waals surface area contributed by atoms with Crippen LogP contribution in [0.25, 0.3) is 0 Å². The first kappa shape index (κ1) is 13.5. The molecule has 0 aromatic carbocycles. The van der Waals surface area contributed by atoms with E-state index < -0.39 is 5.54 Å². The summed E-state index contributed by atoms with van der Waals surface area (Å²) in [5, 5.41) is 3.30. The average Bonchev–Trinajstić information content (AvgIpc) is 2.28. The number of methoxy groups -OCH3 is 1. The lowest BCUT2D eigenvalue weighted by molar-refractivity contribution is -0.156. The van der Waals surface area contributed by atoms with E-state index in [4.69, 9.17) is 4.74 Å². The molecule has 0 aromatic rings. The van der Waals surface area contributed by atoms with Crippen molar-refractivity contribution in [1.29, 1.82) is 0 Å². The zero-order valence-corrected chi connectivity index (χ0v) is 10.9. The van der Waals surface area contributed by atoms with Crippen LogP contribution in [0.2, 0.25) is 0 Å². The highest BCUT2D eigenvalue weighted by Gasteiger charge is 2.41. The van der Waals surface area contributed by atoms with E-state index in [-0.39, 0.29) is 5.97 Å². The number of nitrogens with one attached hydrogen (secondary N) is 1. The monoisotopic (exact) mass is 228 g/mol. The van der Waals surface area contributed by atoms with Gasteiger partial charge in [-0.25, -0.2) is 0 Å². The Morgan fingerprint density at radius 3 is 2.44 bits per heavy atom. The van der Waals surface area contributed by atoms with Crippen molar-refractivity contribution < 1.29 is 9.53 Å². The Balaban J connectivity index is 2.79. The Kier molecular flexibility index (Phi) is 4.74. The van der Waals surface area contributed by atoms with Crippen LogP contribution >= 0.6 is 0 Å². The van der Waals surface area contributed by atoms with E-state index in [1.54, 1.807) is 0 Å². The summed E-state index contributed by atoms with van der Waals surface area (Å²) in [7, 11) is 1.48. The Hall–Kier alpha value is -0.610. The largest absolute Gasteiger partial charge is 0.468 e. The van der Waals surface area contributed by atoms with Crippen molar-refractivity contribution in [1.82, 2.24) is 10.2 Å². The first-order valence-electron chi connectivity index (χ1n) is 6.05. The second-order valence-corrected chi connectivity index (χ2v) is 5.10. The molecular weight excluding hydrogens is 204 g/mol. The van der Waals surface area contributed by atoms with Crippen LogP contribution in [0.3, 0.4) is 0 Å². The summed E-state index contributed by atoms with van der Waals surface area (Å²) in [5.74, 6) is 0.377. The summed E-state index contributed by atoms with van der Waals surface area (Å²) in [4.78, 5) is 14.2. The lowest BCUT2D eigenvalue weighted by Crippen LogP contribution is -2.59. The molecular formula is C12H24N2O2. The summed E-state index contributed by atoms with van der Waals surface area (Å²) in [6.07, 6.45) is 0.847. The number of ether oxygens (including phenoxy) is 1. The molecule has 16 heavy (non-hydrogen) atoms. The summed E-state index contributed by atoms with van der Waals surface area (Å²) in [6, 6.07) is 0. The van der Waals surface area contributed by atoms with Crippen LogP contribution < -0.4 is 5.32 Å². The SMILES string of the molecule is COC(=O)C(C)(CC(C)C)N1CCNCC1. The maximum Gasteiger partial charge on any atom is 0.326 e.